The van der Waals surface area contributed by atoms with Crippen molar-refractivity contribution in [2.75, 3.05) is 13.1 Å². The van der Waals surface area contributed by atoms with E-state index in [1.165, 1.54) is 16.7 Å². The van der Waals surface area contributed by atoms with E-state index in [0.717, 1.165) is 25.1 Å². The van der Waals surface area contributed by atoms with Crippen LogP contribution in [-0.2, 0) is 11.2 Å². The highest BCUT2D eigenvalue weighted by molar-refractivity contribution is 5.95. The molecule has 2 aromatic carbocycles. The zero-order chi connectivity index (χ0) is 16.2. The topological polar surface area (TPSA) is 20.3 Å². The molecule has 3 rings (SSSR count). The van der Waals surface area contributed by atoms with E-state index in [1.807, 2.05) is 18.2 Å². The molecule has 0 radical (unpaired) electrons. The highest BCUT2D eigenvalue weighted by atomic mass is 16.1. The van der Waals surface area contributed by atoms with Crippen LogP contribution >= 0.6 is 0 Å². The van der Waals surface area contributed by atoms with Crippen molar-refractivity contribution in [3.05, 3.63) is 83.1 Å². The Morgan fingerprint density at radius 1 is 1.09 bits per heavy atom. The van der Waals surface area contributed by atoms with Crippen molar-refractivity contribution in [2.45, 2.75) is 26.2 Å². The Bertz CT molecular complexity index is 718. The van der Waals surface area contributed by atoms with E-state index in [4.69, 9.17) is 0 Å². The molecule has 2 aromatic rings. The number of Topliss-reactive ketones (excluding diaryl/α,β-unsaturated/α-hetero) is 1. The predicted molar refractivity (Wildman–Crippen MR) is 94.4 cm³/mol. The number of carbonyl (C=O) groups excluding carboxylic acids is 1. The summed E-state index contributed by atoms with van der Waals surface area (Å²) in [5, 5.41) is 0. The third-order valence-corrected chi connectivity index (χ3v) is 4.61. The van der Waals surface area contributed by atoms with Crippen LogP contribution in [-0.4, -0.2) is 23.8 Å². The van der Waals surface area contributed by atoms with Crippen LogP contribution < -0.4 is 0 Å². The number of hydrogen-bond donors (Lipinski definition) is 0. The van der Waals surface area contributed by atoms with Crippen molar-refractivity contribution in [3.63, 3.8) is 0 Å². The fraction of sp³-hybridized carbons (Fsp3) is 0.286. The Labute approximate surface area is 138 Å². The van der Waals surface area contributed by atoms with Crippen molar-refractivity contribution in [1.29, 1.82) is 0 Å². The number of benzene rings is 2. The van der Waals surface area contributed by atoms with Gasteiger partial charge in [-0.05, 0) is 37.0 Å². The Hall–Kier alpha value is -2.35. The third kappa shape index (κ3) is 3.21. The van der Waals surface area contributed by atoms with Crippen LogP contribution in [0.2, 0.25) is 0 Å². The number of likely N-dealkylation sites (N-methyl/N-ethyl adjacent to an activating group) is 1. The molecular formula is C21H23NO. The molecule has 118 valence electrons. The SMILES string of the molecule is CCN1/C=C(/C(C)=O)C(c2ccccc2)c2ccccc2CC1. The summed E-state index contributed by atoms with van der Waals surface area (Å²) in [7, 11) is 0. The molecule has 0 amide bonds. The first-order valence-electron chi connectivity index (χ1n) is 8.30. The predicted octanol–water partition coefficient (Wildman–Crippen LogP) is 4.17. The second-order valence-corrected chi connectivity index (χ2v) is 6.06. The maximum atomic E-state index is 12.4. The highest BCUT2D eigenvalue weighted by Gasteiger charge is 2.26. The van der Waals surface area contributed by atoms with Crippen molar-refractivity contribution >= 4 is 5.78 Å². The lowest BCUT2D eigenvalue weighted by Gasteiger charge is -2.29. The minimum absolute atomic E-state index is 0.0132. The van der Waals surface area contributed by atoms with Gasteiger partial charge < -0.3 is 4.90 Å². The standard InChI is InChI=1S/C21H23NO/c1-3-22-14-13-17-9-7-8-12-19(17)21(20(15-22)16(2)23)18-10-5-4-6-11-18/h4-12,15,21H,3,13-14H2,1-2H3/b20-15-. The summed E-state index contributed by atoms with van der Waals surface area (Å²) in [6.45, 7) is 5.69. The Morgan fingerprint density at radius 3 is 2.48 bits per heavy atom. The van der Waals surface area contributed by atoms with Gasteiger partial charge in [0.2, 0.25) is 0 Å². The van der Waals surface area contributed by atoms with Gasteiger partial charge in [-0.15, -0.1) is 0 Å². The van der Waals surface area contributed by atoms with Gasteiger partial charge >= 0.3 is 0 Å². The average Bonchev–Trinajstić information content (AvgIpc) is 2.56. The molecule has 1 aliphatic heterocycles. The van der Waals surface area contributed by atoms with Crippen LogP contribution in [0.25, 0.3) is 0 Å². The van der Waals surface area contributed by atoms with Gasteiger partial charge in [-0.2, -0.15) is 0 Å². The highest BCUT2D eigenvalue weighted by Crippen LogP contribution is 2.36. The number of ketones is 1. The smallest absolute Gasteiger partial charge is 0.158 e. The molecule has 1 atom stereocenters. The van der Waals surface area contributed by atoms with Gasteiger partial charge in [-0.1, -0.05) is 54.6 Å². The fourth-order valence-electron chi connectivity index (χ4n) is 3.36. The molecule has 0 saturated carbocycles. The second kappa shape index (κ2) is 6.82. The van der Waals surface area contributed by atoms with Crippen molar-refractivity contribution in [1.82, 2.24) is 4.90 Å². The maximum absolute atomic E-state index is 12.4. The van der Waals surface area contributed by atoms with Gasteiger partial charge in [0.25, 0.3) is 0 Å². The van der Waals surface area contributed by atoms with Crippen LogP contribution in [0.4, 0.5) is 0 Å². The van der Waals surface area contributed by atoms with Gasteiger partial charge in [0.05, 0.1) is 0 Å². The van der Waals surface area contributed by atoms with Crippen LogP contribution in [0.3, 0.4) is 0 Å². The number of hydrogen-bond acceptors (Lipinski definition) is 2. The average molecular weight is 305 g/mol. The van der Waals surface area contributed by atoms with Crippen LogP contribution in [0, 0.1) is 0 Å². The van der Waals surface area contributed by atoms with E-state index in [9.17, 15) is 4.79 Å². The lowest BCUT2D eigenvalue weighted by molar-refractivity contribution is -0.113. The molecule has 2 nitrogen and oxygen atoms in total. The molecule has 0 aliphatic carbocycles. The molecule has 0 spiro atoms. The summed E-state index contributed by atoms with van der Waals surface area (Å²) in [4.78, 5) is 14.7. The van der Waals surface area contributed by atoms with Crippen LogP contribution in [0.1, 0.15) is 36.5 Å². The normalized spacial score (nSPS) is 20.0. The van der Waals surface area contributed by atoms with Crippen molar-refractivity contribution in [2.24, 2.45) is 0 Å². The molecule has 1 heterocycles. The van der Waals surface area contributed by atoms with E-state index in [-0.39, 0.29) is 11.7 Å². The molecule has 2 heteroatoms. The van der Waals surface area contributed by atoms with E-state index in [0.29, 0.717) is 0 Å². The zero-order valence-corrected chi connectivity index (χ0v) is 13.8. The fourth-order valence-corrected chi connectivity index (χ4v) is 3.36. The molecule has 0 fully saturated rings. The summed E-state index contributed by atoms with van der Waals surface area (Å²) in [6, 6.07) is 18.9. The molecule has 23 heavy (non-hydrogen) atoms. The first-order valence-corrected chi connectivity index (χ1v) is 8.30. The largest absolute Gasteiger partial charge is 0.377 e. The van der Waals surface area contributed by atoms with Crippen LogP contribution in [0.15, 0.2) is 66.4 Å². The van der Waals surface area contributed by atoms with E-state index in [1.54, 1.807) is 6.92 Å². The molecular weight excluding hydrogens is 282 g/mol. The molecule has 0 N–H and O–H groups in total. The van der Waals surface area contributed by atoms with E-state index >= 15 is 0 Å². The summed E-state index contributed by atoms with van der Waals surface area (Å²) in [6.07, 6.45) is 3.09. The van der Waals surface area contributed by atoms with E-state index in [2.05, 4.69) is 54.4 Å². The molecule has 1 aliphatic rings. The molecule has 1 unspecified atom stereocenters. The second-order valence-electron chi connectivity index (χ2n) is 6.06. The van der Waals surface area contributed by atoms with Crippen LogP contribution in [0.5, 0.6) is 0 Å². The summed E-state index contributed by atoms with van der Waals surface area (Å²) in [5.74, 6) is 0.160. The lowest BCUT2D eigenvalue weighted by Crippen LogP contribution is -2.26. The lowest BCUT2D eigenvalue weighted by atomic mass is 9.80. The van der Waals surface area contributed by atoms with E-state index < -0.39 is 0 Å². The minimum atomic E-state index is 0.0132. The quantitative estimate of drug-likeness (QED) is 0.848. The van der Waals surface area contributed by atoms with Gasteiger partial charge in [-0.3, -0.25) is 4.79 Å². The number of carbonyl (C=O) groups is 1. The molecule has 0 saturated heterocycles. The maximum Gasteiger partial charge on any atom is 0.158 e. The van der Waals surface area contributed by atoms with Crippen molar-refractivity contribution in [3.8, 4) is 0 Å². The Kier molecular flexibility index (Phi) is 4.61. The summed E-state index contributed by atoms with van der Waals surface area (Å²) in [5.41, 5.74) is 4.66. The zero-order valence-electron chi connectivity index (χ0n) is 13.8. The number of fused-ring (bicyclic) bond motifs is 1. The first-order chi connectivity index (χ1) is 11.2. The molecule has 0 aromatic heterocycles. The Morgan fingerprint density at radius 2 is 1.78 bits per heavy atom. The minimum Gasteiger partial charge on any atom is -0.377 e. The summed E-state index contributed by atoms with van der Waals surface area (Å²) < 4.78 is 0. The summed E-state index contributed by atoms with van der Waals surface area (Å²) >= 11 is 0. The van der Waals surface area contributed by atoms with Gasteiger partial charge in [0.15, 0.2) is 5.78 Å². The monoisotopic (exact) mass is 305 g/mol. The van der Waals surface area contributed by atoms with Gasteiger partial charge in [0, 0.05) is 30.8 Å². The third-order valence-electron chi connectivity index (χ3n) is 4.61. The molecule has 0 bridgehead atoms. The van der Waals surface area contributed by atoms with Gasteiger partial charge in [-0.25, -0.2) is 0 Å². The first kappa shape index (κ1) is 15.5. The number of rotatable bonds is 3. The van der Waals surface area contributed by atoms with Gasteiger partial charge in [0.1, 0.15) is 0 Å². The number of allylic oxidation sites excluding steroid dienone is 1. The van der Waals surface area contributed by atoms with Crippen molar-refractivity contribution < 1.29 is 4.79 Å². The Balaban J connectivity index is 2.22. The number of nitrogens with zero attached hydrogens (tertiary/aromatic N) is 1.